The van der Waals surface area contributed by atoms with Crippen LogP contribution in [-0.2, 0) is 29.0 Å². The summed E-state index contributed by atoms with van der Waals surface area (Å²) in [5, 5.41) is 0. The molecule has 1 aromatic heterocycles. The van der Waals surface area contributed by atoms with Crippen LogP contribution in [0.5, 0.6) is 0 Å². The lowest BCUT2D eigenvalue weighted by molar-refractivity contribution is 0.0331. The maximum Gasteiger partial charge on any atom is 0.110 e. The number of aromatic nitrogens is 2. The summed E-state index contributed by atoms with van der Waals surface area (Å²) in [7, 11) is 0. The molecule has 0 unspecified atom stereocenters. The highest BCUT2D eigenvalue weighted by Gasteiger charge is 2.26. The van der Waals surface area contributed by atoms with Crippen LogP contribution in [0.2, 0.25) is 0 Å². The molecule has 6 heteroatoms. The van der Waals surface area contributed by atoms with Gasteiger partial charge in [0.15, 0.2) is 0 Å². The lowest BCUT2D eigenvalue weighted by Crippen LogP contribution is -2.38. The third-order valence-corrected chi connectivity index (χ3v) is 5.17. The van der Waals surface area contributed by atoms with Crippen molar-refractivity contribution in [2.24, 2.45) is 0 Å². The van der Waals surface area contributed by atoms with E-state index in [-0.39, 0.29) is 0 Å². The van der Waals surface area contributed by atoms with Crippen LogP contribution >= 0.6 is 0 Å². The van der Waals surface area contributed by atoms with E-state index in [4.69, 9.17) is 14.5 Å². The second kappa shape index (κ2) is 6.66. The van der Waals surface area contributed by atoms with Gasteiger partial charge in [0, 0.05) is 64.5 Å². The molecule has 122 valence electrons. The average molecular weight is 306 g/mol. The van der Waals surface area contributed by atoms with Crippen LogP contribution in [0.25, 0.3) is 0 Å². The first-order valence-corrected chi connectivity index (χ1v) is 8.55. The third-order valence-electron chi connectivity index (χ3n) is 5.17. The zero-order valence-corrected chi connectivity index (χ0v) is 13.2. The minimum atomic E-state index is 0.618. The zero-order chi connectivity index (χ0) is 14.8. The van der Waals surface area contributed by atoms with Gasteiger partial charge >= 0.3 is 0 Å². The number of imidazole rings is 1. The molecule has 4 heterocycles. The quantitative estimate of drug-likeness (QED) is 0.807. The third kappa shape index (κ3) is 3.06. The first kappa shape index (κ1) is 14.6. The molecule has 6 nitrogen and oxygen atoms in total. The molecule has 0 spiro atoms. The van der Waals surface area contributed by atoms with Crippen LogP contribution in [0, 0.1) is 0 Å². The summed E-state index contributed by atoms with van der Waals surface area (Å²) < 4.78 is 13.4. The van der Waals surface area contributed by atoms with Crippen molar-refractivity contribution in [2.75, 3.05) is 52.6 Å². The van der Waals surface area contributed by atoms with Crippen molar-refractivity contribution in [3.05, 3.63) is 17.7 Å². The number of ether oxygens (including phenoxy) is 2. The number of fused-ring (bicyclic) bond motifs is 1. The number of rotatable bonds is 3. The largest absolute Gasteiger partial charge is 0.380 e. The van der Waals surface area contributed by atoms with Gasteiger partial charge in [0.2, 0.25) is 0 Å². The Bertz CT molecular complexity index is 492. The molecular formula is C16H26N4O2. The van der Waals surface area contributed by atoms with Crippen LogP contribution in [0.1, 0.15) is 17.9 Å². The number of morpholine rings is 1. The minimum absolute atomic E-state index is 0.618. The fourth-order valence-electron chi connectivity index (χ4n) is 3.80. The summed E-state index contributed by atoms with van der Waals surface area (Å²) in [6.07, 6.45) is 4.32. The van der Waals surface area contributed by atoms with Gasteiger partial charge in [0.1, 0.15) is 5.82 Å². The average Bonchev–Trinajstić information content (AvgIpc) is 3.16. The van der Waals surface area contributed by atoms with Gasteiger partial charge in [-0.2, -0.15) is 0 Å². The van der Waals surface area contributed by atoms with Crippen LogP contribution in [0.3, 0.4) is 0 Å². The smallest absolute Gasteiger partial charge is 0.110 e. The van der Waals surface area contributed by atoms with E-state index in [1.54, 1.807) is 0 Å². The Kier molecular flexibility index (Phi) is 4.43. The van der Waals surface area contributed by atoms with E-state index in [1.165, 1.54) is 17.9 Å². The molecule has 0 saturated carbocycles. The molecule has 2 saturated heterocycles. The van der Waals surface area contributed by atoms with E-state index in [0.717, 1.165) is 72.1 Å². The van der Waals surface area contributed by atoms with Gasteiger partial charge in [-0.05, 0) is 6.42 Å². The Hall–Kier alpha value is -0.950. The maximum atomic E-state index is 5.55. The van der Waals surface area contributed by atoms with Gasteiger partial charge in [0.25, 0.3) is 0 Å². The van der Waals surface area contributed by atoms with E-state index >= 15 is 0 Å². The van der Waals surface area contributed by atoms with Crippen LogP contribution in [-0.4, -0.2) is 78.0 Å². The molecule has 1 aromatic rings. The molecule has 3 aliphatic heterocycles. The number of hydrogen-bond acceptors (Lipinski definition) is 5. The van der Waals surface area contributed by atoms with Crippen molar-refractivity contribution in [2.45, 2.75) is 32.0 Å². The summed E-state index contributed by atoms with van der Waals surface area (Å²) in [6, 6.07) is 0.618. The second-order valence-electron chi connectivity index (χ2n) is 6.51. The molecule has 22 heavy (non-hydrogen) atoms. The molecule has 0 aliphatic carbocycles. The molecule has 0 N–H and O–H groups in total. The molecule has 0 bridgehead atoms. The Labute approximate surface area is 132 Å². The molecule has 4 rings (SSSR count). The Morgan fingerprint density at radius 1 is 1.05 bits per heavy atom. The van der Waals surface area contributed by atoms with Crippen LogP contribution < -0.4 is 0 Å². The number of nitrogens with zero attached hydrogens (tertiary/aromatic N) is 4. The van der Waals surface area contributed by atoms with Gasteiger partial charge in [-0.25, -0.2) is 4.98 Å². The van der Waals surface area contributed by atoms with E-state index < -0.39 is 0 Å². The van der Waals surface area contributed by atoms with Gasteiger partial charge in [-0.1, -0.05) is 0 Å². The Balaban J connectivity index is 1.42. The summed E-state index contributed by atoms with van der Waals surface area (Å²) in [5.74, 6) is 1.25. The van der Waals surface area contributed by atoms with E-state index in [2.05, 4.69) is 20.6 Å². The molecule has 0 aromatic carbocycles. The highest BCUT2D eigenvalue weighted by Crippen LogP contribution is 2.18. The summed E-state index contributed by atoms with van der Waals surface area (Å²) >= 11 is 0. The predicted octanol–water partition coefficient (Wildman–Crippen LogP) is 0.362. The highest BCUT2D eigenvalue weighted by molar-refractivity contribution is 5.08. The van der Waals surface area contributed by atoms with E-state index in [1.807, 2.05) is 0 Å². The van der Waals surface area contributed by atoms with Crippen molar-refractivity contribution in [3.8, 4) is 0 Å². The van der Waals surface area contributed by atoms with Crippen molar-refractivity contribution < 1.29 is 9.47 Å². The van der Waals surface area contributed by atoms with Gasteiger partial charge in [-0.15, -0.1) is 0 Å². The van der Waals surface area contributed by atoms with Crippen LogP contribution in [0.15, 0.2) is 6.20 Å². The van der Waals surface area contributed by atoms with Gasteiger partial charge in [0.05, 0.1) is 25.5 Å². The summed E-state index contributed by atoms with van der Waals surface area (Å²) in [6.45, 7) is 9.91. The maximum absolute atomic E-state index is 5.55. The van der Waals surface area contributed by atoms with Crippen LogP contribution in [0.4, 0.5) is 0 Å². The highest BCUT2D eigenvalue weighted by atomic mass is 16.5. The van der Waals surface area contributed by atoms with E-state index in [0.29, 0.717) is 6.04 Å². The lowest BCUT2D eigenvalue weighted by atomic mass is 10.2. The molecule has 3 aliphatic rings. The van der Waals surface area contributed by atoms with Crippen molar-refractivity contribution in [3.63, 3.8) is 0 Å². The molecule has 2 fully saturated rings. The van der Waals surface area contributed by atoms with Gasteiger partial charge < -0.3 is 14.0 Å². The fraction of sp³-hybridized carbons (Fsp3) is 0.812. The van der Waals surface area contributed by atoms with Crippen molar-refractivity contribution >= 4 is 0 Å². The van der Waals surface area contributed by atoms with Crippen molar-refractivity contribution in [1.82, 2.24) is 19.4 Å². The Morgan fingerprint density at radius 3 is 2.77 bits per heavy atom. The SMILES string of the molecule is c1nc2n(c1CN1CCOCC1)CCN([C@H]1CCOC1)CC2. The van der Waals surface area contributed by atoms with Crippen molar-refractivity contribution in [1.29, 1.82) is 0 Å². The first-order chi connectivity index (χ1) is 10.9. The summed E-state index contributed by atoms with van der Waals surface area (Å²) in [5.41, 5.74) is 1.36. The van der Waals surface area contributed by atoms with Gasteiger partial charge in [-0.3, -0.25) is 9.80 Å². The normalized spacial score (nSPS) is 27.7. The molecule has 0 radical (unpaired) electrons. The van der Waals surface area contributed by atoms with E-state index in [9.17, 15) is 0 Å². The monoisotopic (exact) mass is 306 g/mol. The second-order valence-corrected chi connectivity index (χ2v) is 6.51. The minimum Gasteiger partial charge on any atom is -0.380 e. The Morgan fingerprint density at radius 2 is 1.95 bits per heavy atom. The lowest BCUT2D eigenvalue weighted by Gasteiger charge is -2.27. The fourth-order valence-corrected chi connectivity index (χ4v) is 3.80. The topological polar surface area (TPSA) is 42.8 Å². The zero-order valence-electron chi connectivity index (χ0n) is 13.2. The first-order valence-electron chi connectivity index (χ1n) is 8.55. The number of hydrogen-bond donors (Lipinski definition) is 0. The standard InChI is InChI=1S/C16H26N4O2/c1-3-19(14-2-8-22-13-14)4-5-20-15(11-17-16(1)20)12-18-6-9-21-10-7-18/h11,14H,1-10,12-13H2/t14-/m0/s1. The summed E-state index contributed by atoms with van der Waals surface area (Å²) in [4.78, 5) is 9.76. The molecular weight excluding hydrogens is 280 g/mol. The predicted molar refractivity (Wildman–Crippen MR) is 82.8 cm³/mol. The molecule has 0 amide bonds. The molecule has 1 atom stereocenters.